The van der Waals surface area contributed by atoms with Crippen molar-refractivity contribution in [2.24, 2.45) is 5.92 Å². The number of benzene rings is 2. The summed E-state index contributed by atoms with van der Waals surface area (Å²) < 4.78 is 26.8. The second-order valence-corrected chi connectivity index (χ2v) is 5.11. The molecule has 0 amide bonds. The predicted molar refractivity (Wildman–Crippen MR) is 79.6 cm³/mol. The third kappa shape index (κ3) is 3.66. The lowest BCUT2D eigenvalue weighted by atomic mass is 9.98. The minimum Gasteiger partial charge on any atom is -0.374 e. The fourth-order valence-corrected chi connectivity index (χ4v) is 2.24. The molecule has 0 saturated heterocycles. The van der Waals surface area contributed by atoms with Gasteiger partial charge in [0.15, 0.2) is 5.78 Å². The molecule has 0 fully saturated rings. The molecule has 0 radical (unpaired) electrons. The topological polar surface area (TPSA) is 20.3 Å². The van der Waals surface area contributed by atoms with Crippen molar-refractivity contribution in [3.05, 3.63) is 65.7 Å². The van der Waals surface area contributed by atoms with E-state index in [0.29, 0.717) is 12.2 Å². The van der Waals surface area contributed by atoms with Gasteiger partial charge in [-0.2, -0.15) is 0 Å². The molecule has 2 aromatic rings. The molecule has 0 N–H and O–H groups in total. The molecule has 2 nitrogen and oxygen atoms in total. The van der Waals surface area contributed by atoms with Crippen LogP contribution in [-0.2, 0) is 0 Å². The molecule has 0 saturated carbocycles. The molecule has 110 valence electrons. The SMILES string of the molecule is CC(CN(C)c1cccc(F)c1)C(=O)c1ccccc1F. The standard InChI is InChI=1S/C17H17F2NO/c1-12(17(21)15-8-3-4-9-16(15)19)11-20(2)14-7-5-6-13(18)10-14/h3-10,12H,11H2,1-2H3. The lowest BCUT2D eigenvalue weighted by Gasteiger charge is -2.23. The lowest BCUT2D eigenvalue weighted by Crippen LogP contribution is -2.29. The van der Waals surface area contributed by atoms with E-state index in [1.165, 1.54) is 24.3 Å². The summed E-state index contributed by atoms with van der Waals surface area (Å²) in [6, 6.07) is 12.1. The van der Waals surface area contributed by atoms with E-state index in [1.54, 1.807) is 43.1 Å². The Bertz CT molecular complexity index is 642. The van der Waals surface area contributed by atoms with E-state index in [9.17, 15) is 13.6 Å². The van der Waals surface area contributed by atoms with Crippen LogP contribution in [0.2, 0.25) is 0 Å². The van der Waals surface area contributed by atoms with Gasteiger partial charge >= 0.3 is 0 Å². The van der Waals surface area contributed by atoms with Crippen LogP contribution in [0.25, 0.3) is 0 Å². The summed E-state index contributed by atoms with van der Waals surface area (Å²) in [6.45, 7) is 2.13. The minimum absolute atomic E-state index is 0.0950. The number of ketones is 1. The number of anilines is 1. The minimum atomic E-state index is -0.511. The van der Waals surface area contributed by atoms with Crippen molar-refractivity contribution < 1.29 is 13.6 Å². The van der Waals surface area contributed by atoms with Crippen LogP contribution in [0.4, 0.5) is 14.5 Å². The van der Waals surface area contributed by atoms with Crippen molar-refractivity contribution >= 4 is 11.5 Å². The Labute approximate surface area is 123 Å². The van der Waals surface area contributed by atoms with E-state index >= 15 is 0 Å². The number of halogens is 2. The monoisotopic (exact) mass is 289 g/mol. The molecular weight excluding hydrogens is 272 g/mol. The molecule has 0 aliphatic heterocycles. The largest absolute Gasteiger partial charge is 0.374 e. The highest BCUT2D eigenvalue weighted by Gasteiger charge is 2.20. The van der Waals surface area contributed by atoms with Crippen LogP contribution in [0.1, 0.15) is 17.3 Å². The highest BCUT2D eigenvalue weighted by Crippen LogP contribution is 2.18. The molecule has 1 atom stereocenters. The van der Waals surface area contributed by atoms with Crippen LogP contribution in [-0.4, -0.2) is 19.4 Å². The van der Waals surface area contributed by atoms with E-state index < -0.39 is 11.7 Å². The molecule has 1 unspecified atom stereocenters. The molecule has 0 spiro atoms. The maximum Gasteiger partial charge on any atom is 0.170 e. The maximum absolute atomic E-state index is 13.6. The summed E-state index contributed by atoms with van der Waals surface area (Å²) in [5, 5.41) is 0. The van der Waals surface area contributed by atoms with E-state index in [4.69, 9.17) is 0 Å². The van der Waals surface area contributed by atoms with Crippen LogP contribution >= 0.6 is 0 Å². The molecule has 0 bridgehead atoms. The van der Waals surface area contributed by atoms with Gasteiger partial charge in [-0.05, 0) is 30.3 Å². The molecule has 0 heterocycles. The summed E-state index contributed by atoms with van der Waals surface area (Å²) in [7, 11) is 1.78. The summed E-state index contributed by atoms with van der Waals surface area (Å²) in [6.07, 6.45) is 0. The van der Waals surface area contributed by atoms with Gasteiger partial charge in [0.05, 0.1) is 5.56 Å². The Morgan fingerprint density at radius 3 is 2.52 bits per heavy atom. The first-order valence-corrected chi connectivity index (χ1v) is 6.74. The number of rotatable bonds is 5. The molecule has 4 heteroatoms. The Morgan fingerprint density at radius 1 is 1.14 bits per heavy atom. The van der Waals surface area contributed by atoms with Crippen molar-refractivity contribution in [1.82, 2.24) is 0 Å². The van der Waals surface area contributed by atoms with Gasteiger partial charge in [-0.15, -0.1) is 0 Å². The number of hydrogen-bond acceptors (Lipinski definition) is 2. The summed E-state index contributed by atoms with van der Waals surface area (Å²) in [5.41, 5.74) is 0.779. The Kier molecular flexibility index (Phi) is 4.68. The Morgan fingerprint density at radius 2 is 1.86 bits per heavy atom. The second kappa shape index (κ2) is 6.48. The molecule has 21 heavy (non-hydrogen) atoms. The fraction of sp³-hybridized carbons (Fsp3) is 0.235. The van der Waals surface area contributed by atoms with Crippen LogP contribution < -0.4 is 4.90 Å². The first-order valence-electron chi connectivity index (χ1n) is 6.74. The Balaban J connectivity index is 2.09. The number of carbonyl (C=O) groups is 1. The zero-order chi connectivity index (χ0) is 15.4. The van der Waals surface area contributed by atoms with Gasteiger partial charge in [0, 0.05) is 25.2 Å². The highest BCUT2D eigenvalue weighted by molar-refractivity contribution is 5.98. The first-order chi connectivity index (χ1) is 9.99. The average molecular weight is 289 g/mol. The second-order valence-electron chi connectivity index (χ2n) is 5.11. The predicted octanol–water partition coefficient (Wildman–Crippen LogP) is 3.92. The van der Waals surface area contributed by atoms with Crippen molar-refractivity contribution in [3.63, 3.8) is 0 Å². The normalized spacial score (nSPS) is 12.0. The van der Waals surface area contributed by atoms with Crippen LogP contribution in [0.15, 0.2) is 48.5 Å². The van der Waals surface area contributed by atoms with Gasteiger partial charge in [0.2, 0.25) is 0 Å². The van der Waals surface area contributed by atoms with Gasteiger partial charge in [0.25, 0.3) is 0 Å². The zero-order valence-electron chi connectivity index (χ0n) is 12.0. The fourth-order valence-electron chi connectivity index (χ4n) is 2.24. The number of hydrogen-bond donors (Lipinski definition) is 0. The van der Waals surface area contributed by atoms with Gasteiger partial charge < -0.3 is 4.90 Å². The van der Waals surface area contributed by atoms with Crippen molar-refractivity contribution in [3.8, 4) is 0 Å². The lowest BCUT2D eigenvalue weighted by molar-refractivity contribution is 0.0929. The molecule has 0 aromatic heterocycles. The molecule has 0 aliphatic rings. The van der Waals surface area contributed by atoms with E-state index in [0.717, 1.165) is 0 Å². The van der Waals surface area contributed by atoms with Crippen molar-refractivity contribution in [2.45, 2.75) is 6.92 Å². The molecule has 2 rings (SSSR count). The van der Waals surface area contributed by atoms with Gasteiger partial charge in [-0.1, -0.05) is 25.1 Å². The molecular formula is C17H17F2NO. The number of nitrogens with zero attached hydrogens (tertiary/aromatic N) is 1. The maximum atomic E-state index is 13.6. The number of carbonyl (C=O) groups excluding carboxylic acids is 1. The van der Waals surface area contributed by atoms with E-state index in [1.807, 2.05) is 0 Å². The van der Waals surface area contributed by atoms with E-state index in [-0.39, 0.29) is 17.2 Å². The van der Waals surface area contributed by atoms with Gasteiger partial charge in [-0.25, -0.2) is 8.78 Å². The van der Waals surface area contributed by atoms with Crippen molar-refractivity contribution in [2.75, 3.05) is 18.5 Å². The first kappa shape index (κ1) is 15.2. The third-order valence-electron chi connectivity index (χ3n) is 3.38. The van der Waals surface area contributed by atoms with Crippen molar-refractivity contribution in [1.29, 1.82) is 0 Å². The van der Waals surface area contributed by atoms with Crippen LogP contribution in [0, 0.1) is 17.6 Å². The van der Waals surface area contributed by atoms with E-state index in [2.05, 4.69) is 0 Å². The smallest absolute Gasteiger partial charge is 0.170 e. The Hall–Kier alpha value is -2.23. The molecule has 0 aliphatic carbocycles. The zero-order valence-corrected chi connectivity index (χ0v) is 12.0. The van der Waals surface area contributed by atoms with Gasteiger partial charge in [-0.3, -0.25) is 4.79 Å². The average Bonchev–Trinajstić information content (AvgIpc) is 2.47. The summed E-state index contributed by atoms with van der Waals surface area (Å²) >= 11 is 0. The quantitative estimate of drug-likeness (QED) is 0.778. The summed E-state index contributed by atoms with van der Waals surface area (Å²) in [5.74, 6) is -1.48. The third-order valence-corrected chi connectivity index (χ3v) is 3.38. The molecule has 2 aromatic carbocycles. The number of Topliss-reactive ketones (excluding diaryl/α,β-unsaturated/α-hetero) is 1. The summed E-state index contributed by atoms with van der Waals surface area (Å²) in [4.78, 5) is 14.0. The van der Waals surface area contributed by atoms with Crippen LogP contribution in [0.5, 0.6) is 0 Å². The van der Waals surface area contributed by atoms with Gasteiger partial charge in [0.1, 0.15) is 11.6 Å². The van der Waals surface area contributed by atoms with Crippen LogP contribution in [0.3, 0.4) is 0 Å². The highest BCUT2D eigenvalue weighted by atomic mass is 19.1.